The van der Waals surface area contributed by atoms with Gasteiger partial charge in [0, 0.05) is 34.7 Å². The van der Waals surface area contributed by atoms with Crippen LogP contribution in [0.15, 0.2) is 54.6 Å². The number of benzene rings is 2. The van der Waals surface area contributed by atoms with Crippen LogP contribution in [0.4, 0.5) is 4.79 Å². The molecule has 1 saturated carbocycles. The Hall–Kier alpha value is -3.94. The third-order valence-corrected chi connectivity index (χ3v) is 6.99. The number of hydrogen-bond donors (Lipinski definition) is 3. The van der Waals surface area contributed by atoms with Crippen molar-refractivity contribution in [2.24, 2.45) is 5.92 Å². The number of para-hydroxylation sites is 1. The van der Waals surface area contributed by atoms with Crippen LogP contribution in [-0.4, -0.2) is 34.9 Å². The Labute approximate surface area is 203 Å². The summed E-state index contributed by atoms with van der Waals surface area (Å²) < 4.78 is 5.99. The van der Waals surface area contributed by atoms with Gasteiger partial charge in [0.15, 0.2) is 0 Å². The summed E-state index contributed by atoms with van der Waals surface area (Å²) in [5.41, 5.74) is 2.51. The average molecular weight is 473 g/mol. The first-order valence-electron chi connectivity index (χ1n) is 11.9. The van der Waals surface area contributed by atoms with E-state index in [-0.39, 0.29) is 17.7 Å². The van der Waals surface area contributed by atoms with Gasteiger partial charge in [0.25, 0.3) is 11.8 Å². The Kier molecular flexibility index (Phi) is 6.11. The number of fused-ring (bicyclic) bond motifs is 1. The second-order valence-electron chi connectivity index (χ2n) is 9.29. The summed E-state index contributed by atoms with van der Waals surface area (Å²) in [7, 11) is 0. The first-order chi connectivity index (χ1) is 16.9. The number of hydrogen-bond acceptors (Lipinski definition) is 5. The lowest BCUT2D eigenvalue weighted by Gasteiger charge is -2.38. The summed E-state index contributed by atoms with van der Waals surface area (Å²) in [5, 5.41) is 9.16. The summed E-state index contributed by atoms with van der Waals surface area (Å²) in [5.74, 6) is 0.00226. The smallest absolute Gasteiger partial charge is 0.322 e. The van der Waals surface area contributed by atoms with E-state index in [2.05, 4.69) is 20.9 Å². The summed E-state index contributed by atoms with van der Waals surface area (Å²) >= 11 is 0. The molecular formula is C27H28N4O4. The zero-order valence-electron chi connectivity index (χ0n) is 19.6. The molecule has 5 rings (SSSR count). The van der Waals surface area contributed by atoms with Gasteiger partial charge >= 0.3 is 6.03 Å². The Morgan fingerprint density at radius 3 is 2.71 bits per heavy atom. The number of urea groups is 1. The summed E-state index contributed by atoms with van der Waals surface area (Å²) in [6, 6.07) is 16.5. The number of amides is 4. The second-order valence-corrected chi connectivity index (χ2v) is 9.29. The van der Waals surface area contributed by atoms with Gasteiger partial charge in [0.05, 0.1) is 5.52 Å². The number of ether oxygens (including phenoxy) is 1. The fourth-order valence-electron chi connectivity index (χ4n) is 5.19. The van der Waals surface area contributed by atoms with Gasteiger partial charge in [-0.25, -0.2) is 4.79 Å². The maximum Gasteiger partial charge on any atom is 0.322 e. The maximum atomic E-state index is 12.8. The normalized spacial score (nSPS) is 21.6. The number of aromatic nitrogens is 1. The number of nitrogens with one attached hydrogen (secondary N) is 3. The van der Waals surface area contributed by atoms with E-state index in [0.29, 0.717) is 30.9 Å². The van der Waals surface area contributed by atoms with Crippen LogP contribution in [0.2, 0.25) is 0 Å². The van der Waals surface area contributed by atoms with Crippen LogP contribution in [-0.2, 0) is 11.4 Å². The number of nitrogens with zero attached hydrogens (tertiary/aromatic N) is 1. The number of imide groups is 1. The zero-order valence-corrected chi connectivity index (χ0v) is 19.6. The van der Waals surface area contributed by atoms with Gasteiger partial charge in [0.2, 0.25) is 0 Å². The third kappa shape index (κ3) is 4.56. The van der Waals surface area contributed by atoms with Crippen LogP contribution >= 0.6 is 0 Å². The molecule has 0 radical (unpaired) electrons. The lowest BCUT2D eigenvalue weighted by molar-refractivity contribution is -0.127. The molecule has 35 heavy (non-hydrogen) atoms. The molecule has 8 heteroatoms. The van der Waals surface area contributed by atoms with Crippen LogP contribution in [0.25, 0.3) is 10.9 Å². The standard InChI is InChI=1S/C27H28N4O4/c1-17-14-19(22-7-2-3-8-23(22)29-17)16-35-21-11-9-18(10-12-21)24(32)28-15-20-6-4-5-13-27(20)25(33)30-26(34)31-27/h2-3,7-12,14,20H,4-6,13,15-16H2,1H3,(H,28,32)(H2,30,31,33,34). The number of aryl methyl sites for hydroxylation is 1. The molecule has 1 aliphatic carbocycles. The fraction of sp³-hybridized carbons (Fsp3) is 0.333. The van der Waals surface area contributed by atoms with E-state index in [1.165, 1.54) is 0 Å². The minimum absolute atomic E-state index is 0.145. The van der Waals surface area contributed by atoms with E-state index < -0.39 is 11.6 Å². The van der Waals surface area contributed by atoms with Crippen LogP contribution in [0.1, 0.15) is 47.3 Å². The molecule has 180 valence electrons. The fourth-order valence-corrected chi connectivity index (χ4v) is 5.19. The first-order valence-corrected chi connectivity index (χ1v) is 11.9. The molecule has 1 spiro atoms. The van der Waals surface area contributed by atoms with E-state index in [1.807, 2.05) is 37.3 Å². The molecule has 2 atom stereocenters. The highest BCUT2D eigenvalue weighted by Crippen LogP contribution is 2.35. The Morgan fingerprint density at radius 2 is 1.94 bits per heavy atom. The molecule has 2 aliphatic rings. The van der Waals surface area contributed by atoms with Gasteiger partial charge in [-0.2, -0.15) is 0 Å². The van der Waals surface area contributed by atoms with E-state index in [0.717, 1.165) is 41.4 Å². The Balaban J connectivity index is 1.20. The van der Waals surface area contributed by atoms with Crippen molar-refractivity contribution in [3.8, 4) is 5.75 Å². The van der Waals surface area contributed by atoms with Gasteiger partial charge in [-0.3, -0.25) is 19.9 Å². The highest BCUT2D eigenvalue weighted by molar-refractivity contribution is 6.07. The van der Waals surface area contributed by atoms with Gasteiger partial charge in [-0.1, -0.05) is 31.0 Å². The molecule has 0 bridgehead atoms. The van der Waals surface area contributed by atoms with Crippen LogP contribution in [0, 0.1) is 12.8 Å². The molecule has 8 nitrogen and oxygen atoms in total. The second kappa shape index (κ2) is 9.37. The topological polar surface area (TPSA) is 109 Å². The molecule has 2 fully saturated rings. The maximum absolute atomic E-state index is 12.8. The van der Waals surface area contributed by atoms with Crippen LogP contribution in [0.3, 0.4) is 0 Å². The number of pyridine rings is 1. The Bertz CT molecular complexity index is 1290. The third-order valence-electron chi connectivity index (χ3n) is 6.99. The molecule has 2 aromatic carbocycles. The van der Waals surface area contributed by atoms with Crippen molar-refractivity contribution in [2.45, 2.75) is 44.8 Å². The highest BCUT2D eigenvalue weighted by atomic mass is 16.5. The van der Waals surface area contributed by atoms with Crippen molar-refractivity contribution in [1.82, 2.24) is 20.9 Å². The van der Waals surface area contributed by atoms with Crippen molar-refractivity contribution in [2.75, 3.05) is 6.54 Å². The van der Waals surface area contributed by atoms with E-state index in [1.54, 1.807) is 24.3 Å². The van der Waals surface area contributed by atoms with Gasteiger partial charge in [0.1, 0.15) is 17.9 Å². The number of carbonyl (C=O) groups is 3. The van der Waals surface area contributed by atoms with E-state index in [9.17, 15) is 14.4 Å². The number of rotatable bonds is 6. The SMILES string of the molecule is Cc1cc(COc2ccc(C(=O)NCC3CCCCC34NC(=O)NC4=O)cc2)c2ccccc2n1. The zero-order chi connectivity index (χ0) is 24.4. The molecule has 1 aromatic heterocycles. The number of carbonyl (C=O) groups excluding carboxylic acids is 3. The van der Waals surface area contributed by atoms with E-state index >= 15 is 0 Å². The quantitative estimate of drug-likeness (QED) is 0.475. The van der Waals surface area contributed by atoms with Crippen LogP contribution in [0.5, 0.6) is 5.75 Å². The molecule has 1 saturated heterocycles. The minimum Gasteiger partial charge on any atom is -0.489 e. The minimum atomic E-state index is -0.921. The van der Waals surface area contributed by atoms with Crippen molar-refractivity contribution >= 4 is 28.7 Å². The molecule has 4 amide bonds. The van der Waals surface area contributed by atoms with Gasteiger partial charge < -0.3 is 15.4 Å². The van der Waals surface area contributed by atoms with Crippen molar-refractivity contribution in [3.63, 3.8) is 0 Å². The van der Waals surface area contributed by atoms with Crippen molar-refractivity contribution < 1.29 is 19.1 Å². The van der Waals surface area contributed by atoms with Crippen LogP contribution < -0.4 is 20.7 Å². The van der Waals surface area contributed by atoms with E-state index in [4.69, 9.17) is 4.74 Å². The Morgan fingerprint density at radius 1 is 1.14 bits per heavy atom. The largest absolute Gasteiger partial charge is 0.489 e. The molecule has 2 heterocycles. The van der Waals surface area contributed by atoms with Crippen molar-refractivity contribution in [1.29, 1.82) is 0 Å². The molecule has 3 aromatic rings. The summed E-state index contributed by atoms with van der Waals surface area (Å²) in [6.07, 6.45) is 3.19. The average Bonchev–Trinajstić information content (AvgIpc) is 3.14. The first kappa shape index (κ1) is 22.8. The van der Waals surface area contributed by atoms with Gasteiger partial charge in [-0.05, 0) is 56.2 Å². The summed E-state index contributed by atoms with van der Waals surface area (Å²) in [4.78, 5) is 41.5. The molecular weight excluding hydrogens is 444 g/mol. The summed E-state index contributed by atoms with van der Waals surface area (Å²) in [6.45, 7) is 2.68. The predicted octanol–water partition coefficient (Wildman–Crippen LogP) is 3.62. The molecule has 2 unspecified atom stereocenters. The molecule has 3 N–H and O–H groups in total. The molecule has 1 aliphatic heterocycles. The monoisotopic (exact) mass is 472 g/mol. The van der Waals surface area contributed by atoms with Gasteiger partial charge in [-0.15, -0.1) is 0 Å². The lowest BCUT2D eigenvalue weighted by atomic mass is 9.72. The lowest BCUT2D eigenvalue weighted by Crippen LogP contribution is -2.57. The predicted molar refractivity (Wildman–Crippen MR) is 131 cm³/mol. The van der Waals surface area contributed by atoms with Crippen molar-refractivity contribution in [3.05, 3.63) is 71.4 Å². The highest BCUT2D eigenvalue weighted by Gasteiger charge is 2.52.